The highest BCUT2D eigenvalue weighted by molar-refractivity contribution is 5.89. The molecule has 1 aromatic carbocycles. The minimum absolute atomic E-state index is 0.00858. The number of nitrogens with zero attached hydrogens (tertiary/aromatic N) is 2. The van der Waals surface area contributed by atoms with Gasteiger partial charge in [0.25, 0.3) is 0 Å². The molecule has 6 nitrogen and oxygen atoms in total. The molecule has 0 aliphatic carbocycles. The van der Waals surface area contributed by atoms with Gasteiger partial charge in [-0.1, -0.05) is 26.0 Å². The van der Waals surface area contributed by atoms with Crippen LogP contribution in [0.5, 0.6) is 11.5 Å². The number of fused-ring (bicyclic) bond motifs is 1. The molecule has 26 heavy (non-hydrogen) atoms. The van der Waals surface area contributed by atoms with Crippen LogP contribution in [0, 0.1) is 5.92 Å². The number of hydrogen-bond donors (Lipinski definition) is 0. The number of amides is 2. The summed E-state index contributed by atoms with van der Waals surface area (Å²) in [5.74, 6) is 1.29. The standard InChI is InChI=1S/C20H28N2O4/c1-4-15(5-2)22-11-14(10-19(22)23)20(24)21(3)12-16-13-25-17-8-6-7-9-18(17)26-16/h6-9,14-16H,4-5,10-13H2,1-3H3. The molecule has 6 heteroatoms. The SMILES string of the molecule is CCC(CC)N1CC(C(=O)N(C)CC2COc3ccccc3O2)CC1=O. The number of ether oxygens (including phenoxy) is 2. The molecule has 0 spiro atoms. The van der Waals surface area contributed by atoms with Crippen LogP contribution >= 0.6 is 0 Å². The van der Waals surface area contributed by atoms with Crippen LogP contribution in [0.2, 0.25) is 0 Å². The van der Waals surface area contributed by atoms with Crippen LogP contribution in [-0.4, -0.2) is 60.5 Å². The number of benzene rings is 1. The Labute approximate surface area is 155 Å². The molecule has 0 aromatic heterocycles. The zero-order valence-electron chi connectivity index (χ0n) is 15.8. The fourth-order valence-electron chi connectivity index (χ4n) is 3.84. The summed E-state index contributed by atoms with van der Waals surface area (Å²) in [4.78, 5) is 28.7. The Morgan fingerprint density at radius 3 is 2.65 bits per heavy atom. The highest BCUT2D eigenvalue weighted by Gasteiger charge is 2.38. The summed E-state index contributed by atoms with van der Waals surface area (Å²) in [5.41, 5.74) is 0. The van der Waals surface area contributed by atoms with Crippen LogP contribution in [0.15, 0.2) is 24.3 Å². The van der Waals surface area contributed by atoms with E-state index >= 15 is 0 Å². The van der Waals surface area contributed by atoms with Crippen molar-refractivity contribution in [3.05, 3.63) is 24.3 Å². The third-order valence-corrected chi connectivity index (χ3v) is 5.31. The Morgan fingerprint density at radius 1 is 1.27 bits per heavy atom. The number of carbonyl (C=O) groups excluding carboxylic acids is 2. The zero-order chi connectivity index (χ0) is 18.7. The van der Waals surface area contributed by atoms with Gasteiger partial charge in [0, 0.05) is 26.1 Å². The second-order valence-electron chi connectivity index (χ2n) is 7.13. The van der Waals surface area contributed by atoms with E-state index in [9.17, 15) is 9.59 Å². The van der Waals surface area contributed by atoms with Gasteiger partial charge in [-0.05, 0) is 25.0 Å². The first kappa shape index (κ1) is 18.5. The number of para-hydroxylation sites is 2. The molecule has 1 aromatic rings. The van der Waals surface area contributed by atoms with Gasteiger partial charge in [0.05, 0.1) is 12.5 Å². The lowest BCUT2D eigenvalue weighted by Crippen LogP contribution is -2.44. The third kappa shape index (κ3) is 3.79. The maximum atomic E-state index is 12.8. The normalized spacial score (nSPS) is 22.0. The van der Waals surface area contributed by atoms with E-state index < -0.39 is 0 Å². The topological polar surface area (TPSA) is 59.1 Å². The molecule has 0 bridgehead atoms. The maximum absolute atomic E-state index is 12.8. The number of likely N-dealkylation sites (tertiary alicyclic amines) is 1. The quantitative estimate of drug-likeness (QED) is 0.781. The van der Waals surface area contributed by atoms with Crippen molar-refractivity contribution in [1.82, 2.24) is 9.80 Å². The molecule has 2 unspecified atom stereocenters. The van der Waals surface area contributed by atoms with Gasteiger partial charge in [0.1, 0.15) is 6.61 Å². The van der Waals surface area contributed by atoms with E-state index in [1.165, 1.54) is 0 Å². The first-order valence-corrected chi connectivity index (χ1v) is 9.46. The van der Waals surface area contributed by atoms with Gasteiger partial charge >= 0.3 is 0 Å². The summed E-state index contributed by atoms with van der Waals surface area (Å²) in [6.07, 6.45) is 1.95. The zero-order valence-corrected chi connectivity index (χ0v) is 15.8. The Bertz CT molecular complexity index is 659. The summed E-state index contributed by atoms with van der Waals surface area (Å²) in [6.45, 7) is 5.56. The molecule has 2 amide bonds. The molecule has 2 aliphatic rings. The van der Waals surface area contributed by atoms with Gasteiger partial charge in [0.2, 0.25) is 11.8 Å². The third-order valence-electron chi connectivity index (χ3n) is 5.31. The van der Waals surface area contributed by atoms with Crippen molar-refractivity contribution >= 4 is 11.8 Å². The van der Waals surface area contributed by atoms with Crippen molar-refractivity contribution in [1.29, 1.82) is 0 Å². The second kappa shape index (κ2) is 7.98. The van der Waals surface area contributed by atoms with Crippen LogP contribution in [-0.2, 0) is 9.59 Å². The first-order valence-electron chi connectivity index (χ1n) is 9.46. The molecule has 0 saturated carbocycles. The maximum Gasteiger partial charge on any atom is 0.227 e. The van der Waals surface area contributed by atoms with Crippen LogP contribution < -0.4 is 9.47 Å². The lowest BCUT2D eigenvalue weighted by Gasteiger charge is -2.31. The Balaban J connectivity index is 1.56. The highest BCUT2D eigenvalue weighted by atomic mass is 16.6. The molecular weight excluding hydrogens is 332 g/mol. The molecule has 142 valence electrons. The van der Waals surface area contributed by atoms with Crippen LogP contribution in [0.25, 0.3) is 0 Å². The summed E-state index contributed by atoms with van der Waals surface area (Å²) in [7, 11) is 1.77. The van der Waals surface area contributed by atoms with E-state index in [0.29, 0.717) is 31.9 Å². The van der Waals surface area contributed by atoms with Crippen LogP contribution in [0.1, 0.15) is 33.1 Å². The molecule has 1 fully saturated rings. The average Bonchev–Trinajstić information content (AvgIpc) is 3.03. The predicted molar refractivity (Wildman–Crippen MR) is 98.2 cm³/mol. The fraction of sp³-hybridized carbons (Fsp3) is 0.600. The van der Waals surface area contributed by atoms with Crippen molar-refractivity contribution in [2.75, 3.05) is 26.7 Å². The number of likely N-dealkylation sites (N-methyl/N-ethyl adjacent to an activating group) is 1. The largest absolute Gasteiger partial charge is 0.486 e. The molecular formula is C20H28N2O4. The molecule has 0 radical (unpaired) electrons. The van der Waals surface area contributed by atoms with Crippen molar-refractivity contribution in [2.45, 2.75) is 45.3 Å². The highest BCUT2D eigenvalue weighted by Crippen LogP contribution is 2.31. The second-order valence-corrected chi connectivity index (χ2v) is 7.13. The average molecular weight is 360 g/mol. The van der Waals surface area contributed by atoms with Gasteiger partial charge < -0.3 is 19.3 Å². The van der Waals surface area contributed by atoms with E-state index in [-0.39, 0.29) is 29.9 Å². The molecule has 3 rings (SSSR count). The smallest absolute Gasteiger partial charge is 0.227 e. The molecule has 0 N–H and O–H groups in total. The number of rotatable bonds is 6. The van der Waals surface area contributed by atoms with Gasteiger partial charge in [-0.3, -0.25) is 9.59 Å². The van der Waals surface area contributed by atoms with Crippen molar-refractivity contribution < 1.29 is 19.1 Å². The predicted octanol–water partition coefficient (Wildman–Crippen LogP) is 2.32. The molecule has 1 saturated heterocycles. The fourth-order valence-corrected chi connectivity index (χ4v) is 3.84. The van der Waals surface area contributed by atoms with Crippen molar-refractivity contribution in [3.8, 4) is 11.5 Å². The van der Waals surface area contributed by atoms with Gasteiger partial charge in [-0.15, -0.1) is 0 Å². The van der Waals surface area contributed by atoms with Gasteiger partial charge in [-0.25, -0.2) is 0 Å². The van der Waals surface area contributed by atoms with E-state index in [2.05, 4.69) is 13.8 Å². The van der Waals surface area contributed by atoms with E-state index in [1.807, 2.05) is 29.2 Å². The van der Waals surface area contributed by atoms with Crippen LogP contribution in [0.3, 0.4) is 0 Å². The molecule has 2 heterocycles. The Morgan fingerprint density at radius 2 is 1.96 bits per heavy atom. The Hall–Kier alpha value is -2.24. The number of carbonyl (C=O) groups is 2. The van der Waals surface area contributed by atoms with Crippen molar-refractivity contribution in [3.63, 3.8) is 0 Å². The number of hydrogen-bond acceptors (Lipinski definition) is 4. The van der Waals surface area contributed by atoms with Crippen LogP contribution in [0.4, 0.5) is 0 Å². The minimum atomic E-state index is -0.259. The summed E-state index contributed by atoms with van der Waals surface area (Å²) in [5, 5.41) is 0. The van der Waals surface area contributed by atoms with E-state index in [4.69, 9.17) is 9.47 Å². The lowest BCUT2D eigenvalue weighted by atomic mass is 10.1. The van der Waals surface area contributed by atoms with E-state index in [1.54, 1.807) is 11.9 Å². The molecule has 2 aliphatic heterocycles. The Kier molecular flexibility index (Phi) is 5.69. The lowest BCUT2D eigenvalue weighted by molar-refractivity contribution is -0.136. The first-order chi connectivity index (χ1) is 12.5. The van der Waals surface area contributed by atoms with E-state index in [0.717, 1.165) is 18.6 Å². The summed E-state index contributed by atoms with van der Waals surface area (Å²) in [6, 6.07) is 7.78. The molecule has 2 atom stereocenters. The van der Waals surface area contributed by atoms with Gasteiger partial charge in [-0.2, -0.15) is 0 Å². The minimum Gasteiger partial charge on any atom is -0.486 e. The van der Waals surface area contributed by atoms with Gasteiger partial charge in [0.15, 0.2) is 17.6 Å². The van der Waals surface area contributed by atoms with Crippen molar-refractivity contribution in [2.24, 2.45) is 5.92 Å². The summed E-state index contributed by atoms with van der Waals surface area (Å²) >= 11 is 0. The summed E-state index contributed by atoms with van der Waals surface area (Å²) < 4.78 is 11.6. The monoisotopic (exact) mass is 360 g/mol.